The highest BCUT2D eigenvalue weighted by molar-refractivity contribution is 6.23. The van der Waals surface area contributed by atoms with Crippen molar-refractivity contribution in [1.82, 2.24) is 40.0 Å². The molecule has 2 N–H and O–H groups in total. The third-order valence-electron chi connectivity index (χ3n) is 12.2. The van der Waals surface area contributed by atoms with Crippen LogP contribution in [0.4, 0.5) is 16.0 Å². The molecule has 2 atom stereocenters. The number of rotatable bonds is 8. The molecule has 5 aliphatic rings. The number of carbonyl (C=O) groups is 4. The van der Waals surface area contributed by atoms with Crippen molar-refractivity contribution in [3.8, 4) is 11.4 Å². The predicted molar refractivity (Wildman–Crippen MR) is 208 cm³/mol. The molecule has 1 unspecified atom stereocenters. The Hall–Kier alpha value is -6.06. The van der Waals surface area contributed by atoms with Gasteiger partial charge in [0.05, 0.1) is 35.0 Å². The Morgan fingerprint density at radius 1 is 0.825 bits per heavy atom. The molecule has 4 amide bonds. The van der Waals surface area contributed by atoms with Crippen LogP contribution >= 0.6 is 0 Å². The fourth-order valence-corrected chi connectivity index (χ4v) is 9.33. The predicted octanol–water partition coefficient (Wildman–Crippen LogP) is 3.68. The zero-order chi connectivity index (χ0) is 38.8. The largest absolute Gasteiger partial charge is 0.354 e. The van der Waals surface area contributed by atoms with E-state index in [0.29, 0.717) is 24.6 Å². The van der Waals surface area contributed by atoms with Gasteiger partial charge in [0.15, 0.2) is 5.65 Å². The monoisotopic (exact) mass is 768 g/mol. The van der Waals surface area contributed by atoms with Gasteiger partial charge in [0.2, 0.25) is 11.8 Å². The summed E-state index contributed by atoms with van der Waals surface area (Å²) in [6.07, 6.45) is 4.24. The number of hydrogen-bond donors (Lipinski definition) is 2. The van der Waals surface area contributed by atoms with Gasteiger partial charge in [0.1, 0.15) is 23.1 Å². The Balaban J connectivity index is 0.796. The lowest BCUT2D eigenvalue weighted by atomic mass is 9.82. The first-order chi connectivity index (χ1) is 27.8. The number of piperidine rings is 1. The second kappa shape index (κ2) is 14.2. The zero-order valence-corrected chi connectivity index (χ0v) is 31.2. The average Bonchev–Trinajstić information content (AvgIpc) is 3.93. The molecular weight excluding hydrogens is 728 g/mol. The van der Waals surface area contributed by atoms with Crippen LogP contribution in [0.15, 0.2) is 72.9 Å². The third-order valence-corrected chi connectivity index (χ3v) is 12.2. The summed E-state index contributed by atoms with van der Waals surface area (Å²) in [6, 6.07) is 20.8. The smallest absolute Gasteiger partial charge is 0.259 e. The minimum atomic E-state index is -0.668. The minimum absolute atomic E-state index is 0.0563. The van der Waals surface area contributed by atoms with Crippen molar-refractivity contribution in [2.24, 2.45) is 0 Å². The number of aromatic nitrogens is 4. The van der Waals surface area contributed by atoms with Crippen LogP contribution in [0.2, 0.25) is 0 Å². The van der Waals surface area contributed by atoms with Gasteiger partial charge in [-0.1, -0.05) is 24.3 Å². The summed E-state index contributed by atoms with van der Waals surface area (Å²) < 4.78 is 16.0. The summed E-state index contributed by atoms with van der Waals surface area (Å²) in [5, 5.41) is 9.82. The molecule has 3 aromatic heterocycles. The molecule has 0 aliphatic carbocycles. The summed E-state index contributed by atoms with van der Waals surface area (Å²) in [4.78, 5) is 69.3. The lowest BCUT2D eigenvalue weighted by Crippen LogP contribution is -2.62. The van der Waals surface area contributed by atoms with E-state index in [0.717, 1.165) is 98.5 Å². The molecule has 5 aromatic rings. The summed E-state index contributed by atoms with van der Waals surface area (Å²) in [6.45, 7) is 6.49. The van der Waals surface area contributed by atoms with Crippen molar-refractivity contribution in [3.05, 3.63) is 107 Å². The number of piperazine rings is 1. The molecule has 0 spiro atoms. The van der Waals surface area contributed by atoms with Crippen molar-refractivity contribution in [2.75, 3.05) is 55.6 Å². The standard InChI is InChI=1S/C42H41FN10O4/c43-27-5-1-4-25(20-27)32-7-3-15-52(32)36-13-12-34-44-21-33(53(34)48-36)31-6-2-8-35(45-31)51-18-16-50(17-19-51)28-23-49(24-28)22-26-9-10-30-39(42(57)47-41(30)56)38(26)29-11-14-37(54)46-40(29)55/h1-2,4-6,8-10,12-13,20-21,28-29,32H,3,7,11,14-19,22-24H2,(H,46,54,55)(H,47,56,57)/t29?,32-/m1/s1. The van der Waals surface area contributed by atoms with Crippen molar-refractivity contribution in [2.45, 2.75) is 50.2 Å². The van der Waals surface area contributed by atoms with Crippen LogP contribution in [0.3, 0.4) is 0 Å². The number of carbonyl (C=O) groups excluding carboxylic acids is 4. The highest BCUT2D eigenvalue weighted by atomic mass is 19.1. The van der Waals surface area contributed by atoms with Crippen LogP contribution in [0, 0.1) is 5.82 Å². The zero-order valence-electron chi connectivity index (χ0n) is 31.2. The lowest BCUT2D eigenvalue weighted by molar-refractivity contribution is -0.134. The van der Waals surface area contributed by atoms with E-state index >= 15 is 0 Å². The van der Waals surface area contributed by atoms with Gasteiger partial charge >= 0.3 is 0 Å². The fraction of sp³-hybridized carbons (Fsp3) is 0.357. The summed E-state index contributed by atoms with van der Waals surface area (Å²) in [5.74, 6) is -0.877. The summed E-state index contributed by atoms with van der Waals surface area (Å²) in [7, 11) is 0. The molecule has 2 aromatic carbocycles. The van der Waals surface area contributed by atoms with Gasteiger partial charge in [0.25, 0.3) is 11.8 Å². The Labute approximate surface area is 327 Å². The highest BCUT2D eigenvalue weighted by Gasteiger charge is 2.40. The molecule has 57 heavy (non-hydrogen) atoms. The van der Waals surface area contributed by atoms with Gasteiger partial charge in [-0.05, 0) is 78.4 Å². The van der Waals surface area contributed by atoms with E-state index < -0.39 is 23.6 Å². The van der Waals surface area contributed by atoms with Crippen LogP contribution in [0.1, 0.15) is 75.0 Å². The van der Waals surface area contributed by atoms with Crippen LogP contribution < -0.4 is 20.4 Å². The number of pyridine rings is 1. The number of nitrogens with one attached hydrogen (secondary N) is 2. The molecule has 14 nitrogen and oxygen atoms in total. The summed E-state index contributed by atoms with van der Waals surface area (Å²) in [5.41, 5.74) is 5.22. The van der Waals surface area contributed by atoms with Gasteiger partial charge < -0.3 is 9.80 Å². The van der Waals surface area contributed by atoms with Gasteiger partial charge in [-0.15, -0.1) is 5.10 Å². The second-order valence-electron chi connectivity index (χ2n) is 15.6. The minimum Gasteiger partial charge on any atom is -0.354 e. The van der Waals surface area contributed by atoms with Crippen LogP contribution in [-0.2, 0) is 16.1 Å². The molecule has 10 rings (SSSR count). The van der Waals surface area contributed by atoms with E-state index in [4.69, 9.17) is 10.1 Å². The van der Waals surface area contributed by atoms with Crippen LogP contribution in [0.5, 0.6) is 0 Å². The Morgan fingerprint density at radius 2 is 1.67 bits per heavy atom. The van der Waals surface area contributed by atoms with Gasteiger partial charge in [-0.25, -0.2) is 18.9 Å². The molecule has 8 heterocycles. The number of anilines is 2. The number of fused-ring (bicyclic) bond motifs is 2. The van der Waals surface area contributed by atoms with Crippen molar-refractivity contribution in [1.29, 1.82) is 0 Å². The molecule has 4 fully saturated rings. The van der Waals surface area contributed by atoms with E-state index in [1.807, 2.05) is 53.2 Å². The maximum atomic E-state index is 14.1. The molecular formula is C42H41FN10O4. The Morgan fingerprint density at radius 3 is 2.49 bits per heavy atom. The normalized spacial score (nSPS) is 21.9. The van der Waals surface area contributed by atoms with Gasteiger partial charge in [-0.2, -0.15) is 0 Å². The van der Waals surface area contributed by atoms with Crippen molar-refractivity contribution < 1.29 is 23.6 Å². The molecule has 15 heteroatoms. The van der Waals surface area contributed by atoms with E-state index in [1.165, 1.54) is 6.07 Å². The number of benzene rings is 2. The van der Waals surface area contributed by atoms with E-state index in [9.17, 15) is 23.6 Å². The van der Waals surface area contributed by atoms with Crippen LogP contribution in [-0.4, -0.2) is 105 Å². The fourth-order valence-electron chi connectivity index (χ4n) is 9.33. The first-order valence-electron chi connectivity index (χ1n) is 19.7. The lowest BCUT2D eigenvalue weighted by Gasteiger charge is -2.48. The number of imide groups is 2. The molecule has 0 radical (unpaired) electrons. The Kier molecular flexibility index (Phi) is 8.78. The number of likely N-dealkylation sites (tertiary alicyclic amines) is 1. The molecule has 4 saturated heterocycles. The number of nitrogens with zero attached hydrogens (tertiary/aromatic N) is 8. The van der Waals surface area contributed by atoms with E-state index in [-0.39, 0.29) is 35.3 Å². The maximum Gasteiger partial charge on any atom is 0.259 e. The van der Waals surface area contributed by atoms with Crippen molar-refractivity contribution in [3.63, 3.8) is 0 Å². The van der Waals surface area contributed by atoms with E-state index in [1.54, 1.807) is 18.2 Å². The Bertz CT molecular complexity index is 2460. The number of hydrogen-bond acceptors (Lipinski definition) is 11. The van der Waals surface area contributed by atoms with E-state index in [2.05, 4.69) is 35.2 Å². The molecule has 290 valence electrons. The highest BCUT2D eigenvalue weighted by Crippen LogP contribution is 2.37. The second-order valence-corrected chi connectivity index (χ2v) is 15.6. The summed E-state index contributed by atoms with van der Waals surface area (Å²) >= 11 is 0. The number of amides is 4. The number of halogens is 1. The van der Waals surface area contributed by atoms with Gasteiger partial charge in [0, 0.05) is 64.8 Å². The molecule has 0 bridgehead atoms. The first kappa shape index (κ1) is 35.4. The maximum absolute atomic E-state index is 14.1. The number of imidazole rings is 1. The topological polar surface area (TPSA) is 148 Å². The van der Waals surface area contributed by atoms with Gasteiger partial charge in [-0.3, -0.25) is 39.6 Å². The average molecular weight is 769 g/mol. The molecule has 5 aliphatic heterocycles. The first-order valence-corrected chi connectivity index (χ1v) is 19.7. The molecule has 0 saturated carbocycles. The van der Waals surface area contributed by atoms with Crippen molar-refractivity contribution >= 4 is 40.9 Å². The van der Waals surface area contributed by atoms with Crippen LogP contribution in [0.25, 0.3) is 17.0 Å². The SMILES string of the molecule is O=C1CCC(c2c(CN3CC(N4CCN(c5cccc(-c6cnc7ccc(N8CCC[C@@H]8c8cccc(F)c8)nn67)n5)CC4)C3)ccc3c2C(=O)NC3=O)C(=O)N1. The quantitative estimate of drug-likeness (QED) is 0.223. The third kappa shape index (κ3) is 6.40.